The molecule has 1 aromatic carbocycles. The highest BCUT2D eigenvalue weighted by molar-refractivity contribution is 5.77. The molecule has 0 aliphatic heterocycles. The summed E-state index contributed by atoms with van der Waals surface area (Å²) in [7, 11) is 0. The molecule has 0 spiro atoms. The van der Waals surface area contributed by atoms with E-state index >= 15 is 0 Å². The molecule has 0 saturated heterocycles. The first kappa shape index (κ1) is 15.7. The fourth-order valence-electron chi connectivity index (χ4n) is 1.75. The predicted molar refractivity (Wildman–Crippen MR) is 78.4 cm³/mol. The third-order valence-corrected chi connectivity index (χ3v) is 3.46. The molecule has 0 aliphatic carbocycles. The van der Waals surface area contributed by atoms with Gasteiger partial charge in [0.05, 0.1) is 0 Å². The summed E-state index contributed by atoms with van der Waals surface area (Å²) in [4.78, 5) is 11.1. The summed E-state index contributed by atoms with van der Waals surface area (Å²) < 4.78 is 0. The molecule has 0 bridgehead atoms. The number of nitrogens with one attached hydrogen (secondary N) is 1. The number of carboxylic acids is 1. The first-order chi connectivity index (χ1) is 8.54. The van der Waals surface area contributed by atoms with Gasteiger partial charge in [0.2, 0.25) is 0 Å². The van der Waals surface area contributed by atoms with E-state index in [2.05, 4.69) is 51.2 Å². The molecule has 0 radical (unpaired) electrons. The van der Waals surface area contributed by atoms with Crippen LogP contribution in [0.1, 0.15) is 51.3 Å². The van der Waals surface area contributed by atoms with Gasteiger partial charge < -0.3 is 5.11 Å². The fourth-order valence-corrected chi connectivity index (χ4v) is 1.75. The van der Waals surface area contributed by atoms with Crippen LogP contribution in [-0.4, -0.2) is 16.6 Å². The second-order valence-electron chi connectivity index (χ2n) is 6.67. The van der Waals surface area contributed by atoms with Gasteiger partial charge in [0.15, 0.2) is 0 Å². The summed E-state index contributed by atoms with van der Waals surface area (Å²) in [5.74, 6) is -0.837. The van der Waals surface area contributed by atoms with Crippen LogP contribution in [0.2, 0.25) is 0 Å². The van der Waals surface area contributed by atoms with Crippen molar-refractivity contribution in [3.63, 3.8) is 0 Å². The highest BCUT2D eigenvalue weighted by atomic mass is 16.4. The Labute approximate surface area is 116 Å². The Morgan fingerprint density at radius 1 is 1.21 bits per heavy atom. The van der Waals surface area contributed by atoms with E-state index < -0.39 is 11.5 Å². The number of benzene rings is 1. The molecule has 106 valence electrons. The maximum atomic E-state index is 11.1. The number of rotatable bonds is 4. The lowest BCUT2D eigenvalue weighted by atomic mass is 9.85. The number of aliphatic carboxylic acids is 1. The van der Waals surface area contributed by atoms with Crippen LogP contribution in [0.3, 0.4) is 0 Å². The summed E-state index contributed by atoms with van der Waals surface area (Å²) >= 11 is 0. The van der Waals surface area contributed by atoms with Gasteiger partial charge in [-0.1, -0.05) is 39.0 Å². The van der Waals surface area contributed by atoms with Crippen molar-refractivity contribution >= 4 is 5.97 Å². The van der Waals surface area contributed by atoms with Crippen LogP contribution in [0, 0.1) is 6.92 Å². The number of aryl methyl sites for hydroxylation is 1. The van der Waals surface area contributed by atoms with E-state index in [-0.39, 0.29) is 5.41 Å². The predicted octanol–water partition coefficient (Wildman–Crippen LogP) is 3.25. The third kappa shape index (κ3) is 4.06. The minimum Gasteiger partial charge on any atom is -0.480 e. The summed E-state index contributed by atoms with van der Waals surface area (Å²) in [6.45, 7) is 12.5. The zero-order valence-electron chi connectivity index (χ0n) is 12.8. The molecule has 0 aliphatic rings. The summed E-state index contributed by atoms with van der Waals surface area (Å²) in [6.07, 6.45) is 0. The molecule has 0 saturated carbocycles. The molecule has 0 amide bonds. The van der Waals surface area contributed by atoms with Crippen LogP contribution in [0.4, 0.5) is 0 Å². The molecule has 3 nitrogen and oxygen atoms in total. The van der Waals surface area contributed by atoms with E-state index in [4.69, 9.17) is 5.11 Å². The van der Waals surface area contributed by atoms with Crippen molar-refractivity contribution in [1.29, 1.82) is 0 Å². The quantitative estimate of drug-likeness (QED) is 0.876. The highest BCUT2D eigenvalue weighted by Gasteiger charge is 2.26. The fraction of sp³-hybridized carbons (Fsp3) is 0.562. The smallest absolute Gasteiger partial charge is 0.323 e. The van der Waals surface area contributed by atoms with Crippen LogP contribution in [0.25, 0.3) is 0 Å². The van der Waals surface area contributed by atoms with E-state index in [9.17, 15) is 4.79 Å². The molecule has 2 N–H and O–H groups in total. The molecule has 1 aromatic rings. The van der Waals surface area contributed by atoms with Gasteiger partial charge in [-0.25, -0.2) is 0 Å². The van der Waals surface area contributed by atoms with Gasteiger partial charge in [0.25, 0.3) is 0 Å². The summed E-state index contributed by atoms with van der Waals surface area (Å²) in [5, 5.41) is 12.2. The normalized spacial score (nSPS) is 12.5. The van der Waals surface area contributed by atoms with Crippen molar-refractivity contribution in [3.8, 4) is 0 Å². The maximum absolute atomic E-state index is 11.1. The van der Waals surface area contributed by atoms with E-state index in [0.29, 0.717) is 6.54 Å². The molecule has 1 rings (SSSR count). The van der Waals surface area contributed by atoms with E-state index in [0.717, 1.165) is 5.56 Å². The lowest BCUT2D eigenvalue weighted by Gasteiger charge is -2.23. The SMILES string of the molecule is Cc1cc(C(C)(C)C)ccc1CNC(C)(C)C(=O)O. The van der Waals surface area contributed by atoms with E-state index in [1.54, 1.807) is 13.8 Å². The standard InChI is InChI=1S/C16H25NO2/c1-11-9-13(15(2,3)4)8-7-12(11)10-17-16(5,6)14(18)19/h7-9,17H,10H2,1-6H3,(H,18,19). The number of carbonyl (C=O) groups is 1. The van der Waals surface area contributed by atoms with Crippen molar-refractivity contribution < 1.29 is 9.90 Å². The molecular weight excluding hydrogens is 238 g/mol. The van der Waals surface area contributed by atoms with Gasteiger partial charge in [0.1, 0.15) is 5.54 Å². The minimum atomic E-state index is -0.908. The summed E-state index contributed by atoms with van der Waals surface area (Å²) in [6, 6.07) is 6.39. The minimum absolute atomic E-state index is 0.136. The molecule has 0 aromatic heterocycles. The molecule has 0 heterocycles. The van der Waals surface area contributed by atoms with Gasteiger partial charge in [-0.15, -0.1) is 0 Å². The van der Waals surface area contributed by atoms with Crippen molar-refractivity contribution in [2.75, 3.05) is 0 Å². The first-order valence-electron chi connectivity index (χ1n) is 6.62. The third-order valence-electron chi connectivity index (χ3n) is 3.46. The summed E-state index contributed by atoms with van der Waals surface area (Å²) in [5.41, 5.74) is 2.86. The van der Waals surface area contributed by atoms with Crippen molar-refractivity contribution in [2.24, 2.45) is 0 Å². The van der Waals surface area contributed by atoms with Crippen LogP contribution in [0.5, 0.6) is 0 Å². The lowest BCUT2D eigenvalue weighted by Crippen LogP contribution is -2.46. The van der Waals surface area contributed by atoms with Crippen LogP contribution in [-0.2, 0) is 16.8 Å². The second kappa shape index (κ2) is 5.33. The Kier molecular flexibility index (Phi) is 4.41. The Hall–Kier alpha value is -1.35. The Bertz CT molecular complexity index is 470. The van der Waals surface area contributed by atoms with Crippen molar-refractivity contribution in [3.05, 3.63) is 34.9 Å². The van der Waals surface area contributed by atoms with Crippen LogP contribution in [0.15, 0.2) is 18.2 Å². The number of hydrogen-bond acceptors (Lipinski definition) is 2. The molecule has 0 fully saturated rings. The zero-order chi connectivity index (χ0) is 14.8. The highest BCUT2D eigenvalue weighted by Crippen LogP contribution is 2.24. The Morgan fingerprint density at radius 3 is 2.21 bits per heavy atom. The molecule has 19 heavy (non-hydrogen) atoms. The van der Waals surface area contributed by atoms with Gasteiger partial charge in [-0.2, -0.15) is 0 Å². The van der Waals surface area contributed by atoms with Gasteiger partial charge >= 0.3 is 5.97 Å². The van der Waals surface area contributed by atoms with E-state index in [1.165, 1.54) is 11.1 Å². The van der Waals surface area contributed by atoms with Gasteiger partial charge in [0, 0.05) is 6.54 Å². The Morgan fingerprint density at radius 2 is 1.79 bits per heavy atom. The van der Waals surface area contributed by atoms with Crippen LogP contribution < -0.4 is 5.32 Å². The Balaban J connectivity index is 2.85. The average Bonchev–Trinajstić information content (AvgIpc) is 2.25. The largest absolute Gasteiger partial charge is 0.480 e. The number of carboxylic acid groups (broad SMARTS) is 1. The molecular formula is C16H25NO2. The van der Waals surface area contributed by atoms with Crippen molar-refractivity contribution in [2.45, 2.75) is 59.0 Å². The van der Waals surface area contributed by atoms with Gasteiger partial charge in [-0.3, -0.25) is 10.1 Å². The van der Waals surface area contributed by atoms with Crippen molar-refractivity contribution in [1.82, 2.24) is 5.32 Å². The number of hydrogen-bond donors (Lipinski definition) is 2. The zero-order valence-corrected chi connectivity index (χ0v) is 12.8. The first-order valence-corrected chi connectivity index (χ1v) is 6.62. The molecule has 3 heteroatoms. The van der Waals surface area contributed by atoms with Gasteiger partial charge in [-0.05, 0) is 42.9 Å². The average molecular weight is 263 g/mol. The second-order valence-corrected chi connectivity index (χ2v) is 6.67. The monoisotopic (exact) mass is 263 g/mol. The maximum Gasteiger partial charge on any atom is 0.323 e. The van der Waals surface area contributed by atoms with E-state index in [1.807, 2.05) is 0 Å². The molecule has 0 unspecified atom stereocenters. The van der Waals surface area contributed by atoms with Crippen LogP contribution >= 0.6 is 0 Å². The lowest BCUT2D eigenvalue weighted by molar-refractivity contribution is -0.143. The molecule has 0 atom stereocenters. The topological polar surface area (TPSA) is 49.3 Å².